The average Bonchev–Trinajstić information content (AvgIpc) is 3.07. The van der Waals surface area contributed by atoms with Crippen LogP contribution in [0.25, 0.3) is 21.3 Å². The number of rotatable bonds is 6. The van der Waals surface area contributed by atoms with E-state index in [-0.39, 0.29) is 18.3 Å². The van der Waals surface area contributed by atoms with Crippen molar-refractivity contribution in [3.63, 3.8) is 0 Å². The fraction of sp³-hybridized carbons (Fsp3) is 0.350. The Hall–Kier alpha value is -2.67. The number of carbonyl (C=O) groups is 1. The van der Waals surface area contributed by atoms with Gasteiger partial charge >= 0.3 is 5.97 Å². The number of nitrogens with zero attached hydrogens (tertiary/aromatic N) is 2. The van der Waals surface area contributed by atoms with E-state index in [2.05, 4.69) is 4.98 Å². The monoisotopic (exact) mass is 386 g/mol. The number of carbonyl (C=O) groups excluding carboxylic acids is 1. The first-order valence-electron chi connectivity index (χ1n) is 8.84. The molecule has 0 saturated heterocycles. The molecule has 1 aromatic carbocycles. The first-order valence-corrected chi connectivity index (χ1v) is 9.72. The molecule has 0 aliphatic carbocycles. The molecule has 27 heavy (non-hydrogen) atoms. The van der Waals surface area contributed by atoms with Crippen LogP contribution in [0, 0.1) is 0 Å². The predicted octanol–water partition coefficient (Wildman–Crippen LogP) is 4.04. The minimum atomic E-state index is -0.732. The first-order chi connectivity index (χ1) is 12.9. The van der Waals surface area contributed by atoms with Crippen LogP contribution in [0.3, 0.4) is 0 Å². The maximum Gasteiger partial charge on any atom is 0.328 e. The van der Waals surface area contributed by atoms with E-state index in [1.54, 1.807) is 13.8 Å². The zero-order valence-corrected chi connectivity index (χ0v) is 16.6. The molecular formula is C20H22N2O4S. The number of benzene rings is 1. The van der Waals surface area contributed by atoms with Crippen molar-refractivity contribution in [3.05, 3.63) is 46.3 Å². The summed E-state index contributed by atoms with van der Waals surface area (Å²) in [6, 6.07) is 6.88. The number of ether oxygens (including phenoxy) is 2. The topological polar surface area (TPSA) is 70.4 Å². The van der Waals surface area contributed by atoms with Crippen LogP contribution >= 0.6 is 11.3 Å². The van der Waals surface area contributed by atoms with Crippen LogP contribution < -0.4 is 10.3 Å². The molecule has 0 saturated carbocycles. The summed E-state index contributed by atoms with van der Waals surface area (Å²) in [5.41, 5.74) is 1.45. The van der Waals surface area contributed by atoms with Gasteiger partial charge in [-0.3, -0.25) is 9.36 Å². The van der Waals surface area contributed by atoms with E-state index >= 15 is 0 Å². The lowest BCUT2D eigenvalue weighted by Gasteiger charge is -2.13. The van der Waals surface area contributed by atoms with E-state index in [0.717, 1.165) is 16.9 Å². The number of aromatic nitrogens is 2. The second-order valence-electron chi connectivity index (χ2n) is 6.41. The van der Waals surface area contributed by atoms with E-state index in [1.807, 2.05) is 43.5 Å². The van der Waals surface area contributed by atoms with Crippen molar-refractivity contribution in [2.24, 2.45) is 0 Å². The molecule has 142 valence electrons. The second-order valence-corrected chi connectivity index (χ2v) is 7.26. The largest absolute Gasteiger partial charge is 0.491 e. The molecule has 0 radical (unpaired) electrons. The highest BCUT2D eigenvalue weighted by molar-refractivity contribution is 7.17. The minimum absolute atomic E-state index is 0.0959. The van der Waals surface area contributed by atoms with Crippen LogP contribution in [0.1, 0.15) is 33.7 Å². The second kappa shape index (κ2) is 7.92. The molecule has 3 aromatic rings. The fourth-order valence-electron chi connectivity index (χ4n) is 2.80. The van der Waals surface area contributed by atoms with Gasteiger partial charge in [-0.1, -0.05) is 12.1 Å². The van der Waals surface area contributed by atoms with Crippen LogP contribution in [0.4, 0.5) is 0 Å². The zero-order valence-electron chi connectivity index (χ0n) is 15.8. The summed E-state index contributed by atoms with van der Waals surface area (Å²) in [5, 5.41) is 2.42. The smallest absolute Gasteiger partial charge is 0.328 e. The predicted molar refractivity (Wildman–Crippen MR) is 106 cm³/mol. The Morgan fingerprint density at radius 2 is 1.93 bits per heavy atom. The van der Waals surface area contributed by atoms with Gasteiger partial charge in [0.1, 0.15) is 16.6 Å². The maximum atomic E-state index is 13.0. The zero-order chi connectivity index (χ0) is 19.6. The van der Waals surface area contributed by atoms with Gasteiger partial charge in [0, 0.05) is 10.9 Å². The van der Waals surface area contributed by atoms with Gasteiger partial charge in [0.25, 0.3) is 5.56 Å². The molecule has 0 bridgehead atoms. The van der Waals surface area contributed by atoms with Crippen molar-refractivity contribution < 1.29 is 14.3 Å². The third-order valence-corrected chi connectivity index (χ3v) is 4.99. The standard InChI is InChI=1S/C20H22N2O4S/c1-5-25-20(24)13(4)22-11-21-18-17(19(22)23)16(10-27-18)14-6-8-15(9-7-14)26-12(2)3/h6-13H,5H2,1-4H3/t13-/m1/s1. The van der Waals surface area contributed by atoms with Crippen LogP contribution in [-0.2, 0) is 9.53 Å². The Labute approximate surface area is 161 Å². The summed E-state index contributed by atoms with van der Waals surface area (Å²) in [6.07, 6.45) is 1.50. The van der Waals surface area contributed by atoms with Crippen LogP contribution in [0.15, 0.2) is 40.8 Å². The molecule has 0 aliphatic heterocycles. The summed E-state index contributed by atoms with van der Waals surface area (Å²) in [5.74, 6) is 0.326. The Kier molecular flexibility index (Phi) is 5.60. The van der Waals surface area contributed by atoms with Gasteiger partial charge in [0.2, 0.25) is 0 Å². The lowest BCUT2D eigenvalue weighted by atomic mass is 10.1. The van der Waals surface area contributed by atoms with E-state index < -0.39 is 12.0 Å². The average molecular weight is 386 g/mol. The van der Waals surface area contributed by atoms with Crippen molar-refractivity contribution >= 4 is 27.5 Å². The highest BCUT2D eigenvalue weighted by Gasteiger charge is 2.21. The van der Waals surface area contributed by atoms with Gasteiger partial charge < -0.3 is 9.47 Å². The molecule has 7 heteroatoms. The molecule has 0 amide bonds. The van der Waals surface area contributed by atoms with Gasteiger partial charge in [0.15, 0.2) is 0 Å². The van der Waals surface area contributed by atoms with Crippen molar-refractivity contribution in [1.29, 1.82) is 0 Å². The molecule has 2 heterocycles. The number of hydrogen-bond donors (Lipinski definition) is 0. The van der Waals surface area contributed by atoms with E-state index in [9.17, 15) is 9.59 Å². The normalized spacial score (nSPS) is 12.3. The van der Waals surface area contributed by atoms with Gasteiger partial charge in [-0.25, -0.2) is 9.78 Å². The van der Waals surface area contributed by atoms with Crippen molar-refractivity contribution in [2.45, 2.75) is 39.8 Å². The quantitative estimate of drug-likeness (QED) is 0.598. The van der Waals surface area contributed by atoms with Crippen LogP contribution in [0.2, 0.25) is 0 Å². The molecule has 2 aromatic heterocycles. The highest BCUT2D eigenvalue weighted by Crippen LogP contribution is 2.32. The van der Waals surface area contributed by atoms with Gasteiger partial charge in [-0.15, -0.1) is 11.3 Å². The SMILES string of the molecule is CCOC(=O)[C@@H](C)n1cnc2scc(-c3ccc(OC(C)C)cc3)c2c1=O. The van der Waals surface area contributed by atoms with Gasteiger partial charge in [0.05, 0.1) is 24.4 Å². The van der Waals surface area contributed by atoms with E-state index in [0.29, 0.717) is 10.2 Å². The van der Waals surface area contributed by atoms with E-state index in [1.165, 1.54) is 22.2 Å². The van der Waals surface area contributed by atoms with Gasteiger partial charge in [-0.05, 0) is 45.4 Å². The van der Waals surface area contributed by atoms with Crippen LogP contribution in [-0.4, -0.2) is 28.2 Å². The Morgan fingerprint density at radius 1 is 1.22 bits per heavy atom. The Morgan fingerprint density at radius 3 is 2.56 bits per heavy atom. The summed E-state index contributed by atoms with van der Waals surface area (Å²) >= 11 is 1.40. The van der Waals surface area contributed by atoms with Crippen molar-refractivity contribution in [3.8, 4) is 16.9 Å². The molecular weight excluding hydrogens is 364 g/mol. The molecule has 6 nitrogen and oxygen atoms in total. The molecule has 0 N–H and O–H groups in total. The summed E-state index contributed by atoms with van der Waals surface area (Å²) in [6.45, 7) is 7.58. The summed E-state index contributed by atoms with van der Waals surface area (Å²) in [7, 11) is 0. The summed E-state index contributed by atoms with van der Waals surface area (Å²) < 4.78 is 12.0. The Balaban J connectivity index is 2.04. The first kappa shape index (κ1) is 19.1. The number of fused-ring (bicyclic) bond motifs is 1. The fourth-order valence-corrected chi connectivity index (χ4v) is 3.70. The molecule has 0 spiro atoms. The number of esters is 1. The van der Waals surface area contributed by atoms with E-state index in [4.69, 9.17) is 9.47 Å². The lowest BCUT2D eigenvalue weighted by molar-refractivity contribution is -0.146. The molecule has 0 fully saturated rings. The number of hydrogen-bond acceptors (Lipinski definition) is 6. The minimum Gasteiger partial charge on any atom is -0.491 e. The maximum absolute atomic E-state index is 13.0. The molecule has 0 aliphatic rings. The molecule has 0 unspecified atom stereocenters. The third-order valence-electron chi connectivity index (χ3n) is 4.10. The highest BCUT2D eigenvalue weighted by atomic mass is 32.1. The lowest BCUT2D eigenvalue weighted by Crippen LogP contribution is -2.29. The van der Waals surface area contributed by atoms with Crippen molar-refractivity contribution in [1.82, 2.24) is 9.55 Å². The third kappa shape index (κ3) is 3.88. The van der Waals surface area contributed by atoms with Gasteiger partial charge in [-0.2, -0.15) is 0 Å². The summed E-state index contributed by atoms with van der Waals surface area (Å²) in [4.78, 5) is 30.1. The van der Waals surface area contributed by atoms with Crippen LogP contribution in [0.5, 0.6) is 5.75 Å². The Bertz CT molecular complexity index is 1000. The van der Waals surface area contributed by atoms with Crippen molar-refractivity contribution in [2.75, 3.05) is 6.61 Å². The molecule has 1 atom stereocenters. The molecule has 3 rings (SSSR count). The number of thiophene rings is 1.